The van der Waals surface area contributed by atoms with Crippen molar-refractivity contribution in [1.82, 2.24) is 4.67 Å². The first-order valence-electron chi connectivity index (χ1n) is 14.9. The van der Waals surface area contributed by atoms with Crippen molar-refractivity contribution in [3.8, 4) is 5.75 Å². The Morgan fingerprint density at radius 3 is 2.08 bits per heavy atom. The fraction of sp³-hybridized carbons (Fsp3) is 0.333. The summed E-state index contributed by atoms with van der Waals surface area (Å²) in [7, 11) is -1.39. The lowest BCUT2D eigenvalue weighted by Crippen LogP contribution is -2.32. The van der Waals surface area contributed by atoms with Crippen molar-refractivity contribution in [2.75, 3.05) is 0 Å². The molecule has 0 saturated carbocycles. The van der Waals surface area contributed by atoms with Crippen LogP contribution in [0, 0.1) is 0 Å². The molecule has 4 heteroatoms. The molecule has 40 heavy (non-hydrogen) atoms. The fourth-order valence-electron chi connectivity index (χ4n) is 7.15. The Balaban J connectivity index is 1.37. The highest BCUT2D eigenvalue weighted by atomic mass is 31.2. The van der Waals surface area contributed by atoms with E-state index in [4.69, 9.17) is 9.05 Å². The van der Waals surface area contributed by atoms with Crippen LogP contribution in [0.2, 0.25) is 0 Å². The van der Waals surface area contributed by atoms with Gasteiger partial charge >= 0.3 is 8.53 Å². The highest BCUT2D eigenvalue weighted by Crippen LogP contribution is 2.60. The zero-order valence-corrected chi connectivity index (χ0v) is 24.4. The summed E-state index contributed by atoms with van der Waals surface area (Å²) in [5, 5.41) is 0. The van der Waals surface area contributed by atoms with E-state index in [2.05, 4.69) is 116 Å². The van der Waals surface area contributed by atoms with Gasteiger partial charge in [-0.15, -0.1) is 0 Å². The third-order valence-corrected chi connectivity index (χ3v) is 11.1. The van der Waals surface area contributed by atoms with Crippen molar-refractivity contribution in [3.05, 3.63) is 136 Å². The van der Waals surface area contributed by atoms with Crippen LogP contribution < -0.4 is 4.52 Å². The van der Waals surface area contributed by atoms with Crippen LogP contribution in [0.4, 0.5) is 0 Å². The molecule has 1 unspecified atom stereocenters. The quantitative estimate of drug-likeness (QED) is 0.232. The Labute approximate surface area is 240 Å². The maximum Gasteiger partial charge on any atom is 0.322 e. The van der Waals surface area contributed by atoms with Gasteiger partial charge in [-0.25, -0.2) is 4.67 Å². The molecule has 7 rings (SSSR count). The molecule has 0 saturated heterocycles. The summed E-state index contributed by atoms with van der Waals surface area (Å²) in [6, 6.07) is 35.5. The molecule has 3 nitrogen and oxygen atoms in total. The third kappa shape index (κ3) is 4.69. The summed E-state index contributed by atoms with van der Waals surface area (Å²) in [6.45, 7) is 4.60. The summed E-state index contributed by atoms with van der Waals surface area (Å²) in [5.41, 5.74) is 9.88. The van der Waals surface area contributed by atoms with Gasteiger partial charge < -0.3 is 9.05 Å². The molecule has 5 atom stereocenters. The topological polar surface area (TPSA) is 21.7 Å². The molecular formula is C36H38NO2P. The van der Waals surface area contributed by atoms with E-state index in [1.54, 1.807) is 0 Å². The average Bonchev–Trinajstić information content (AvgIpc) is 3.19. The number of aryl methyl sites for hydroxylation is 2. The molecule has 0 bridgehead atoms. The van der Waals surface area contributed by atoms with Gasteiger partial charge in [-0.1, -0.05) is 91.0 Å². The largest absolute Gasteiger partial charge is 0.435 e. The minimum absolute atomic E-state index is 0.0872. The van der Waals surface area contributed by atoms with Crippen LogP contribution >= 0.6 is 8.53 Å². The van der Waals surface area contributed by atoms with Crippen molar-refractivity contribution in [2.45, 2.75) is 76.5 Å². The van der Waals surface area contributed by atoms with Crippen LogP contribution in [0.15, 0.2) is 97.1 Å². The predicted molar refractivity (Wildman–Crippen MR) is 164 cm³/mol. The lowest BCUT2D eigenvalue weighted by molar-refractivity contribution is 0.138. The summed E-state index contributed by atoms with van der Waals surface area (Å²) >= 11 is 0. The molecule has 0 aromatic heterocycles. The van der Waals surface area contributed by atoms with Crippen LogP contribution in [0.1, 0.15) is 90.1 Å². The summed E-state index contributed by atoms with van der Waals surface area (Å²) in [6.07, 6.45) is 6.98. The molecule has 0 radical (unpaired) electrons. The third-order valence-electron chi connectivity index (χ3n) is 9.26. The molecular weight excluding hydrogens is 509 g/mol. The van der Waals surface area contributed by atoms with E-state index in [-0.39, 0.29) is 24.1 Å². The van der Waals surface area contributed by atoms with E-state index in [1.807, 2.05) is 0 Å². The van der Waals surface area contributed by atoms with Gasteiger partial charge in [-0.3, -0.25) is 0 Å². The molecule has 3 aliphatic rings. The van der Waals surface area contributed by atoms with Crippen LogP contribution in [-0.4, -0.2) is 10.8 Å². The Morgan fingerprint density at radius 2 is 1.35 bits per heavy atom. The molecule has 2 aliphatic carbocycles. The second-order valence-electron chi connectivity index (χ2n) is 11.6. The highest BCUT2D eigenvalue weighted by Gasteiger charge is 2.44. The van der Waals surface area contributed by atoms with Crippen LogP contribution in [0.25, 0.3) is 0 Å². The van der Waals surface area contributed by atoms with Gasteiger partial charge in [0.05, 0.1) is 6.10 Å². The fourth-order valence-corrected chi connectivity index (χ4v) is 9.02. The minimum atomic E-state index is -1.39. The number of fused-ring (bicyclic) bond motifs is 7. The standard InChI is InChI=1S/C36H38NO2P/c1-25(27-13-5-3-6-14-27)37(26(2)28-15-7-4-8-16-28)40-38-33-23-21-29-17-9-11-19-31(29)35(33)36-32-20-12-10-18-30(32)22-24-34(36)39-40/h3-9,11,13-17,19,22,24-26,33,35H,10,12,18,20-21,23H2,1-2H3/t25-,26-,33+,35-,40?/m0/s1. The van der Waals surface area contributed by atoms with Crippen LogP contribution in [0.3, 0.4) is 0 Å². The molecule has 0 amide bonds. The van der Waals surface area contributed by atoms with Gasteiger partial charge in [0.1, 0.15) is 5.75 Å². The van der Waals surface area contributed by atoms with Gasteiger partial charge in [0.15, 0.2) is 0 Å². The Hall–Kier alpha value is -2.97. The van der Waals surface area contributed by atoms with Crippen molar-refractivity contribution < 1.29 is 9.05 Å². The molecule has 1 aliphatic heterocycles. The first kappa shape index (κ1) is 26.0. The van der Waals surface area contributed by atoms with E-state index in [0.29, 0.717) is 0 Å². The maximum absolute atomic E-state index is 7.26. The van der Waals surface area contributed by atoms with Crippen molar-refractivity contribution in [1.29, 1.82) is 0 Å². The number of hydrogen-bond acceptors (Lipinski definition) is 3. The molecule has 4 aromatic carbocycles. The SMILES string of the molecule is C[C@@H](c1ccccc1)N([C@@H](C)c1ccccc1)P1Oc2ccc3c(c2[C@H]2c4ccccc4CC[C@H]2O1)CCCC3. The predicted octanol–water partition coefficient (Wildman–Crippen LogP) is 9.47. The lowest BCUT2D eigenvalue weighted by Gasteiger charge is -2.40. The Kier molecular flexibility index (Phi) is 7.22. The monoisotopic (exact) mass is 547 g/mol. The molecule has 4 aromatic rings. The summed E-state index contributed by atoms with van der Waals surface area (Å²) in [5.74, 6) is 1.24. The summed E-state index contributed by atoms with van der Waals surface area (Å²) < 4.78 is 16.9. The zero-order valence-electron chi connectivity index (χ0n) is 23.5. The van der Waals surface area contributed by atoms with E-state index in [9.17, 15) is 0 Å². The molecule has 1 heterocycles. The normalized spacial score (nSPS) is 23.0. The van der Waals surface area contributed by atoms with E-state index >= 15 is 0 Å². The van der Waals surface area contributed by atoms with Crippen molar-refractivity contribution in [3.63, 3.8) is 0 Å². The van der Waals surface area contributed by atoms with Gasteiger partial charge in [0, 0.05) is 23.6 Å². The van der Waals surface area contributed by atoms with Crippen molar-refractivity contribution in [2.24, 2.45) is 0 Å². The maximum atomic E-state index is 7.26. The average molecular weight is 548 g/mol. The van der Waals surface area contributed by atoms with Gasteiger partial charge in [-0.05, 0) is 91.8 Å². The minimum Gasteiger partial charge on any atom is -0.435 e. The first-order valence-corrected chi connectivity index (χ1v) is 16.1. The number of benzene rings is 4. The van der Waals surface area contributed by atoms with E-state index < -0.39 is 8.53 Å². The van der Waals surface area contributed by atoms with Gasteiger partial charge in [0.2, 0.25) is 0 Å². The van der Waals surface area contributed by atoms with Crippen LogP contribution in [0.5, 0.6) is 5.75 Å². The van der Waals surface area contributed by atoms with Gasteiger partial charge in [0.25, 0.3) is 0 Å². The smallest absolute Gasteiger partial charge is 0.322 e. The van der Waals surface area contributed by atoms with Gasteiger partial charge in [-0.2, -0.15) is 0 Å². The first-order chi connectivity index (χ1) is 19.7. The number of rotatable bonds is 5. The Bertz CT molecular complexity index is 1430. The van der Waals surface area contributed by atoms with Crippen molar-refractivity contribution >= 4 is 8.53 Å². The number of hydrogen-bond donors (Lipinski definition) is 0. The molecule has 0 N–H and O–H groups in total. The molecule has 0 spiro atoms. The zero-order chi connectivity index (χ0) is 27.1. The second kappa shape index (κ2) is 11.1. The highest BCUT2D eigenvalue weighted by molar-refractivity contribution is 7.45. The molecule has 204 valence electrons. The Morgan fingerprint density at radius 1 is 0.700 bits per heavy atom. The van der Waals surface area contributed by atoms with E-state index in [0.717, 1.165) is 25.0 Å². The number of nitrogens with zero attached hydrogens (tertiary/aromatic N) is 1. The second-order valence-corrected chi connectivity index (χ2v) is 12.9. The summed E-state index contributed by atoms with van der Waals surface area (Å²) in [4.78, 5) is 0. The molecule has 0 fully saturated rings. The van der Waals surface area contributed by atoms with E-state index in [1.165, 1.54) is 58.2 Å². The van der Waals surface area contributed by atoms with Crippen LogP contribution in [-0.2, 0) is 23.8 Å². The lowest BCUT2D eigenvalue weighted by atomic mass is 9.73.